The van der Waals surface area contributed by atoms with Gasteiger partial charge in [0.1, 0.15) is 0 Å². The van der Waals surface area contributed by atoms with E-state index in [0.717, 1.165) is 45.6 Å². The fourth-order valence-corrected chi connectivity index (χ4v) is 4.12. The van der Waals surface area contributed by atoms with Crippen molar-refractivity contribution in [3.63, 3.8) is 0 Å². The van der Waals surface area contributed by atoms with Crippen LogP contribution in [0.3, 0.4) is 0 Å². The molecule has 0 saturated carbocycles. The zero-order valence-corrected chi connectivity index (χ0v) is 14.6. The van der Waals surface area contributed by atoms with Gasteiger partial charge in [-0.15, -0.1) is 11.3 Å². The summed E-state index contributed by atoms with van der Waals surface area (Å²) in [6.45, 7) is 5.89. The van der Waals surface area contributed by atoms with Gasteiger partial charge in [0, 0.05) is 37.7 Å². The number of likely N-dealkylation sites (tertiary alicyclic amines) is 1. The van der Waals surface area contributed by atoms with Crippen LogP contribution in [0.4, 0.5) is 0 Å². The second-order valence-corrected chi connectivity index (χ2v) is 7.60. The van der Waals surface area contributed by atoms with Crippen LogP contribution in [0.1, 0.15) is 30.6 Å². The average Bonchev–Trinajstić information content (AvgIpc) is 3.25. The molecule has 0 aromatic carbocycles. The van der Waals surface area contributed by atoms with Gasteiger partial charge in [0.15, 0.2) is 5.96 Å². The zero-order valence-electron chi connectivity index (χ0n) is 13.7. The summed E-state index contributed by atoms with van der Waals surface area (Å²) in [5.41, 5.74) is 5.98. The number of guanidine groups is 1. The third-order valence-corrected chi connectivity index (χ3v) is 5.48. The summed E-state index contributed by atoms with van der Waals surface area (Å²) >= 11 is 1.84. The van der Waals surface area contributed by atoms with E-state index in [-0.39, 0.29) is 0 Å². The molecule has 3 N–H and O–H groups in total. The first-order valence-electron chi connectivity index (χ1n) is 8.70. The Kier molecular flexibility index (Phi) is 6.30. The predicted octanol–water partition coefficient (Wildman–Crippen LogP) is 2.04. The number of hydrogen-bond acceptors (Lipinski definition) is 4. The molecule has 3 rings (SSSR count). The van der Waals surface area contributed by atoms with Crippen molar-refractivity contribution in [3.05, 3.63) is 22.4 Å². The zero-order chi connectivity index (χ0) is 15.9. The maximum atomic E-state index is 5.98. The Morgan fingerprint density at radius 3 is 3.17 bits per heavy atom. The Morgan fingerprint density at radius 1 is 1.43 bits per heavy atom. The van der Waals surface area contributed by atoms with Gasteiger partial charge in [0.2, 0.25) is 0 Å². The van der Waals surface area contributed by atoms with Crippen LogP contribution in [0.2, 0.25) is 0 Å². The first-order valence-corrected chi connectivity index (χ1v) is 9.57. The van der Waals surface area contributed by atoms with Crippen LogP contribution in [-0.4, -0.2) is 49.7 Å². The van der Waals surface area contributed by atoms with Crippen LogP contribution in [0.5, 0.6) is 0 Å². The molecule has 2 atom stereocenters. The van der Waals surface area contributed by atoms with E-state index in [9.17, 15) is 0 Å². The molecule has 0 radical (unpaired) electrons. The summed E-state index contributed by atoms with van der Waals surface area (Å²) in [6, 6.07) is 4.35. The van der Waals surface area contributed by atoms with Gasteiger partial charge in [0.05, 0.1) is 6.10 Å². The standard InChI is InChI=1S/C17H28N4OS/c18-17(20-11-15-5-2-8-22-15)19-10-14-4-1-7-21(12-14)13-16-6-3-9-23-16/h3,6,9,14-15H,1-2,4-5,7-8,10-13H2,(H3,18,19,20). The highest BCUT2D eigenvalue weighted by molar-refractivity contribution is 7.09. The van der Waals surface area contributed by atoms with Crippen molar-refractivity contribution in [2.75, 3.05) is 32.8 Å². The van der Waals surface area contributed by atoms with Gasteiger partial charge >= 0.3 is 0 Å². The van der Waals surface area contributed by atoms with E-state index in [0.29, 0.717) is 18.0 Å². The first-order chi connectivity index (χ1) is 11.3. The highest BCUT2D eigenvalue weighted by Crippen LogP contribution is 2.20. The summed E-state index contributed by atoms with van der Waals surface area (Å²) in [5, 5.41) is 5.36. The Balaban J connectivity index is 1.39. The van der Waals surface area contributed by atoms with E-state index in [1.54, 1.807) is 0 Å². The van der Waals surface area contributed by atoms with E-state index in [4.69, 9.17) is 10.5 Å². The number of ether oxygens (including phenoxy) is 1. The van der Waals surface area contributed by atoms with Gasteiger partial charge < -0.3 is 15.8 Å². The topological polar surface area (TPSA) is 62.9 Å². The molecular weight excluding hydrogens is 308 g/mol. The molecule has 3 heterocycles. The molecule has 5 nitrogen and oxygen atoms in total. The maximum Gasteiger partial charge on any atom is 0.188 e. The van der Waals surface area contributed by atoms with Crippen molar-refractivity contribution in [1.82, 2.24) is 10.2 Å². The second kappa shape index (κ2) is 8.66. The van der Waals surface area contributed by atoms with E-state index in [1.807, 2.05) is 11.3 Å². The number of piperidine rings is 1. The van der Waals surface area contributed by atoms with E-state index in [1.165, 1.54) is 24.3 Å². The number of aliphatic imine (C=N–C) groups is 1. The fraction of sp³-hybridized carbons (Fsp3) is 0.706. The highest BCUT2D eigenvalue weighted by atomic mass is 32.1. The molecule has 128 valence electrons. The van der Waals surface area contributed by atoms with Gasteiger partial charge in [-0.2, -0.15) is 0 Å². The summed E-state index contributed by atoms with van der Waals surface area (Å²) in [6.07, 6.45) is 5.10. The number of hydrogen-bond donors (Lipinski definition) is 2. The number of rotatable bonds is 6. The molecule has 2 saturated heterocycles. The van der Waals surface area contributed by atoms with Crippen LogP contribution in [0.15, 0.2) is 22.5 Å². The van der Waals surface area contributed by atoms with E-state index >= 15 is 0 Å². The third-order valence-electron chi connectivity index (χ3n) is 4.62. The normalized spacial score (nSPS) is 26.5. The van der Waals surface area contributed by atoms with Gasteiger partial charge in [-0.25, -0.2) is 0 Å². The van der Waals surface area contributed by atoms with E-state index < -0.39 is 0 Å². The molecule has 2 unspecified atom stereocenters. The largest absolute Gasteiger partial charge is 0.376 e. The Labute approximate surface area is 142 Å². The first kappa shape index (κ1) is 16.7. The van der Waals surface area contributed by atoms with Crippen LogP contribution in [-0.2, 0) is 11.3 Å². The molecule has 0 bridgehead atoms. The number of thiophene rings is 1. The van der Waals surface area contributed by atoms with Gasteiger partial charge in [-0.3, -0.25) is 9.89 Å². The third kappa shape index (κ3) is 5.48. The Morgan fingerprint density at radius 2 is 2.39 bits per heavy atom. The lowest BCUT2D eigenvalue weighted by atomic mass is 9.98. The molecule has 2 aliphatic rings. The smallest absolute Gasteiger partial charge is 0.188 e. The molecule has 0 amide bonds. The summed E-state index contributed by atoms with van der Waals surface area (Å²) in [7, 11) is 0. The Bertz CT molecular complexity index is 485. The summed E-state index contributed by atoms with van der Waals surface area (Å²) < 4.78 is 5.58. The molecule has 23 heavy (non-hydrogen) atoms. The monoisotopic (exact) mass is 336 g/mol. The number of nitrogens with two attached hydrogens (primary N) is 1. The van der Waals surface area contributed by atoms with Crippen molar-refractivity contribution in [2.24, 2.45) is 16.6 Å². The molecule has 6 heteroatoms. The van der Waals surface area contributed by atoms with Crippen LogP contribution in [0, 0.1) is 5.92 Å². The minimum Gasteiger partial charge on any atom is -0.376 e. The van der Waals surface area contributed by atoms with Crippen LogP contribution >= 0.6 is 11.3 Å². The fourth-order valence-electron chi connectivity index (χ4n) is 3.37. The second-order valence-electron chi connectivity index (χ2n) is 6.56. The Hall–Kier alpha value is -1.11. The van der Waals surface area contributed by atoms with Crippen molar-refractivity contribution < 1.29 is 4.74 Å². The molecule has 2 aliphatic heterocycles. The lowest BCUT2D eigenvalue weighted by molar-refractivity contribution is 0.114. The van der Waals surface area contributed by atoms with Crippen molar-refractivity contribution in [2.45, 2.75) is 38.3 Å². The van der Waals surface area contributed by atoms with Gasteiger partial charge in [-0.05, 0) is 49.6 Å². The number of nitrogens with zero attached hydrogens (tertiary/aromatic N) is 2. The van der Waals surface area contributed by atoms with Crippen molar-refractivity contribution >= 4 is 17.3 Å². The molecule has 1 aromatic heterocycles. The van der Waals surface area contributed by atoms with Gasteiger partial charge in [0.25, 0.3) is 0 Å². The predicted molar refractivity (Wildman–Crippen MR) is 95.8 cm³/mol. The van der Waals surface area contributed by atoms with Crippen LogP contribution in [0.25, 0.3) is 0 Å². The lowest BCUT2D eigenvalue weighted by Crippen LogP contribution is -2.39. The molecule has 1 aromatic rings. The lowest BCUT2D eigenvalue weighted by Gasteiger charge is -2.31. The van der Waals surface area contributed by atoms with Crippen LogP contribution < -0.4 is 11.1 Å². The minimum atomic E-state index is 0.305. The molecule has 2 fully saturated rings. The molecule has 0 aliphatic carbocycles. The van der Waals surface area contributed by atoms with Crippen molar-refractivity contribution in [3.8, 4) is 0 Å². The molecule has 0 spiro atoms. The summed E-state index contributed by atoms with van der Waals surface area (Å²) in [5.74, 6) is 1.18. The van der Waals surface area contributed by atoms with Crippen molar-refractivity contribution in [1.29, 1.82) is 0 Å². The SMILES string of the molecule is NC(=NCC1CCCN(Cc2cccs2)C1)NCC1CCCO1. The number of nitrogens with one attached hydrogen (secondary N) is 1. The quantitative estimate of drug-likeness (QED) is 0.616. The maximum absolute atomic E-state index is 5.98. The summed E-state index contributed by atoms with van der Waals surface area (Å²) in [4.78, 5) is 8.54. The average molecular weight is 337 g/mol. The minimum absolute atomic E-state index is 0.305. The highest BCUT2D eigenvalue weighted by Gasteiger charge is 2.20. The van der Waals surface area contributed by atoms with E-state index in [2.05, 4.69) is 32.7 Å². The van der Waals surface area contributed by atoms with Gasteiger partial charge in [-0.1, -0.05) is 6.07 Å². The molecular formula is C17H28N4OS.